The summed E-state index contributed by atoms with van der Waals surface area (Å²) in [4.78, 5) is 0. The van der Waals surface area contributed by atoms with Crippen LogP contribution in [-0.2, 0) is 0 Å². The second-order valence-electron chi connectivity index (χ2n) is 4.96. The highest BCUT2D eigenvalue weighted by atomic mass is 19.1. The third kappa shape index (κ3) is 2.44. The first kappa shape index (κ1) is 12.4. The van der Waals surface area contributed by atoms with E-state index in [0.29, 0.717) is 17.6 Å². The van der Waals surface area contributed by atoms with E-state index in [4.69, 9.17) is 4.74 Å². The van der Waals surface area contributed by atoms with Crippen molar-refractivity contribution in [2.75, 3.05) is 20.2 Å². The van der Waals surface area contributed by atoms with Gasteiger partial charge >= 0.3 is 0 Å². The van der Waals surface area contributed by atoms with Gasteiger partial charge in [0.2, 0.25) is 0 Å². The molecule has 0 aliphatic carbocycles. The Labute approximate surface area is 102 Å². The lowest BCUT2D eigenvalue weighted by Gasteiger charge is -2.20. The molecule has 0 aromatic heterocycles. The maximum atomic E-state index is 13.6. The smallest absolute Gasteiger partial charge is 0.127 e. The molecule has 0 radical (unpaired) electrons. The van der Waals surface area contributed by atoms with Gasteiger partial charge in [-0.3, -0.25) is 0 Å². The van der Waals surface area contributed by atoms with E-state index in [1.165, 1.54) is 6.07 Å². The molecule has 0 spiro atoms. The molecule has 1 aliphatic rings. The molecule has 2 nitrogen and oxygen atoms in total. The summed E-state index contributed by atoms with van der Waals surface area (Å²) in [6.45, 7) is 6.20. The van der Waals surface area contributed by atoms with E-state index in [9.17, 15) is 4.39 Å². The summed E-state index contributed by atoms with van der Waals surface area (Å²) in [5, 5.41) is 3.33. The van der Waals surface area contributed by atoms with E-state index in [1.807, 2.05) is 0 Å². The molecule has 1 N–H and O–H groups in total. The number of benzene rings is 1. The van der Waals surface area contributed by atoms with Crippen LogP contribution in [0.5, 0.6) is 5.75 Å². The van der Waals surface area contributed by atoms with Crippen LogP contribution in [0.15, 0.2) is 12.1 Å². The van der Waals surface area contributed by atoms with Crippen molar-refractivity contribution < 1.29 is 9.13 Å². The Kier molecular flexibility index (Phi) is 3.67. The van der Waals surface area contributed by atoms with Crippen molar-refractivity contribution in [1.29, 1.82) is 0 Å². The maximum Gasteiger partial charge on any atom is 0.127 e. The summed E-state index contributed by atoms with van der Waals surface area (Å²) >= 11 is 0. The molecule has 1 fully saturated rings. The monoisotopic (exact) mass is 237 g/mol. The average Bonchev–Trinajstić information content (AvgIpc) is 2.80. The van der Waals surface area contributed by atoms with Gasteiger partial charge in [-0.15, -0.1) is 0 Å². The minimum atomic E-state index is -0.201. The minimum absolute atomic E-state index is 0.201. The van der Waals surface area contributed by atoms with Crippen LogP contribution in [0.4, 0.5) is 4.39 Å². The molecular formula is C14H20FNO. The van der Waals surface area contributed by atoms with E-state index in [1.54, 1.807) is 13.2 Å². The number of halogens is 1. The number of hydrogen-bond acceptors (Lipinski definition) is 2. The standard InChI is InChI=1S/C14H20FNO/c1-9(2)14-12(10-4-5-16-8-10)6-11(15)7-13(14)17-3/h6-7,9-10,16H,4-5,8H2,1-3H3. The number of hydrogen-bond donors (Lipinski definition) is 1. The van der Waals surface area contributed by atoms with Gasteiger partial charge in [0.05, 0.1) is 7.11 Å². The van der Waals surface area contributed by atoms with E-state index >= 15 is 0 Å². The number of ether oxygens (including phenoxy) is 1. The highest BCUT2D eigenvalue weighted by Crippen LogP contribution is 2.37. The number of methoxy groups -OCH3 is 1. The molecule has 1 saturated heterocycles. The molecule has 1 aliphatic heterocycles. The Balaban J connectivity index is 2.50. The fourth-order valence-electron chi connectivity index (χ4n) is 2.66. The van der Waals surface area contributed by atoms with Gasteiger partial charge in [-0.25, -0.2) is 4.39 Å². The van der Waals surface area contributed by atoms with Gasteiger partial charge in [-0.1, -0.05) is 13.8 Å². The first-order chi connectivity index (χ1) is 8.13. The topological polar surface area (TPSA) is 21.3 Å². The van der Waals surface area contributed by atoms with E-state index in [-0.39, 0.29) is 5.82 Å². The molecule has 1 atom stereocenters. The van der Waals surface area contributed by atoms with Crippen molar-refractivity contribution in [2.45, 2.75) is 32.1 Å². The van der Waals surface area contributed by atoms with Crippen molar-refractivity contribution in [3.63, 3.8) is 0 Å². The van der Waals surface area contributed by atoms with Crippen LogP contribution in [0.3, 0.4) is 0 Å². The number of rotatable bonds is 3. The van der Waals surface area contributed by atoms with Crippen LogP contribution in [0, 0.1) is 5.82 Å². The largest absolute Gasteiger partial charge is 0.496 e. The fourth-order valence-corrected chi connectivity index (χ4v) is 2.66. The lowest BCUT2D eigenvalue weighted by atomic mass is 9.87. The molecule has 1 aromatic rings. The van der Waals surface area contributed by atoms with Gasteiger partial charge in [0.25, 0.3) is 0 Å². The molecule has 1 heterocycles. The summed E-state index contributed by atoms with van der Waals surface area (Å²) in [7, 11) is 1.61. The van der Waals surface area contributed by atoms with Crippen molar-refractivity contribution in [3.8, 4) is 5.75 Å². The van der Waals surface area contributed by atoms with Crippen LogP contribution < -0.4 is 10.1 Å². The Bertz CT molecular complexity index is 397. The Morgan fingerprint density at radius 2 is 2.18 bits per heavy atom. The zero-order valence-corrected chi connectivity index (χ0v) is 10.7. The molecule has 0 amide bonds. The minimum Gasteiger partial charge on any atom is -0.496 e. The van der Waals surface area contributed by atoms with E-state index < -0.39 is 0 Å². The normalized spacial score (nSPS) is 19.9. The summed E-state index contributed by atoms with van der Waals surface area (Å²) in [5.74, 6) is 1.24. The van der Waals surface area contributed by atoms with Gasteiger partial charge in [-0.2, -0.15) is 0 Å². The van der Waals surface area contributed by atoms with Crippen LogP contribution in [0.1, 0.15) is 43.2 Å². The third-order valence-corrected chi connectivity index (χ3v) is 3.44. The van der Waals surface area contributed by atoms with Gasteiger partial charge in [0, 0.05) is 18.2 Å². The SMILES string of the molecule is COc1cc(F)cc(C2CCNC2)c1C(C)C. The maximum absolute atomic E-state index is 13.6. The van der Waals surface area contributed by atoms with Crippen LogP contribution in [-0.4, -0.2) is 20.2 Å². The van der Waals surface area contributed by atoms with Crippen molar-refractivity contribution >= 4 is 0 Å². The molecule has 0 bridgehead atoms. The quantitative estimate of drug-likeness (QED) is 0.872. The molecule has 0 saturated carbocycles. The first-order valence-corrected chi connectivity index (χ1v) is 6.21. The van der Waals surface area contributed by atoms with Crippen molar-refractivity contribution in [3.05, 3.63) is 29.1 Å². The molecule has 3 heteroatoms. The van der Waals surface area contributed by atoms with Crippen molar-refractivity contribution in [2.24, 2.45) is 0 Å². The summed E-state index contributed by atoms with van der Waals surface area (Å²) in [6.07, 6.45) is 1.08. The molecule has 2 rings (SSSR count). The zero-order valence-electron chi connectivity index (χ0n) is 10.7. The van der Waals surface area contributed by atoms with Gasteiger partial charge in [0.1, 0.15) is 11.6 Å². The molecule has 1 unspecified atom stereocenters. The summed E-state index contributed by atoms with van der Waals surface area (Å²) < 4.78 is 18.9. The fraction of sp³-hybridized carbons (Fsp3) is 0.571. The molecule has 94 valence electrons. The van der Waals surface area contributed by atoms with E-state index in [2.05, 4.69) is 19.2 Å². The van der Waals surface area contributed by atoms with Crippen LogP contribution in [0.2, 0.25) is 0 Å². The highest BCUT2D eigenvalue weighted by Gasteiger charge is 2.24. The van der Waals surface area contributed by atoms with Gasteiger partial charge in [-0.05, 0) is 36.4 Å². The zero-order chi connectivity index (χ0) is 12.4. The Morgan fingerprint density at radius 3 is 2.71 bits per heavy atom. The van der Waals surface area contributed by atoms with E-state index in [0.717, 1.165) is 30.6 Å². The van der Waals surface area contributed by atoms with Crippen LogP contribution in [0.25, 0.3) is 0 Å². The summed E-state index contributed by atoms with van der Waals surface area (Å²) in [5.41, 5.74) is 2.27. The highest BCUT2D eigenvalue weighted by molar-refractivity contribution is 5.45. The van der Waals surface area contributed by atoms with Gasteiger partial charge < -0.3 is 10.1 Å². The second kappa shape index (κ2) is 5.05. The lowest BCUT2D eigenvalue weighted by Crippen LogP contribution is -2.11. The van der Waals surface area contributed by atoms with Crippen molar-refractivity contribution in [1.82, 2.24) is 5.32 Å². The Morgan fingerprint density at radius 1 is 1.41 bits per heavy atom. The van der Waals surface area contributed by atoms with Gasteiger partial charge in [0.15, 0.2) is 0 Å². The van der Waals surface area contributed by atoms with Crippen LogP contribution >= 0.6 is 0 Å². The Hall–Kier alpha value is -1.09. The first-order valence-electron chi connectivity index (χ1n) is 6.21. The number of nitrogens with one attached hydrogen (secondary N) is 1. The lowest BCUT2D eigenvalue weighted by molar-refractivity contribution is 0.402. The predicted molar refractivity (Wildman–Crippen MR) is 67.3 cm³/mol. The molecular weight excluding hydrogens is 217 g/mol. The second-order valence-corrected chi connectivity index (χ2v) is 4.96. The predicted octanol–water partition coefficient (Wildman–Crippen LogP) is 3.03. The third-order valence-electron chi connectivity index (χ3n) is 3.44. The molecule has 17 heavy (non-hydrogen) atoms. The summed E-state index contributed by atoms with van der Waals surface area (Å²) in [6, 6.07) is 3.16. The molecule has 1 aromatic carbocycles. The average molecular weight is 237 g/mol.